The lowest BCUT2D eigenvalue weighted by Gasteiger charge is -2.16. The first-order valence-corrected chi connectivity index (χ1v) is 8.40. The maximum Gasteiger partial charge on any atom is 0.307 e. The second-order valence-corrected chi connectivity index (χ2v) is 5.80. The molecule has 0 bridgehead atoms. The number of amides is 1. The smallest absolute Gasteiger partial charge is 0.307 e. The van der Waals surface area contributed by atoms with Crippen molar-refractivity contribution in [3.05, 3.63) is 35.6 Å². The fourth-order valence-corrected chi connectivity index (χ4v) is 2.49. The van der Waals surface area contributed by atoms with E-state index in [0.717, 1.165) is 0 Å². The van der Waals surface area contributed by atoms with Gasteiger partial charge in [-0.2, -0.15) is 0 Å². The average Bonchev–Trinajstić information content (AvgIpc) is 3.10. The first kappa shape index (κ1) is 21.3. The van der Waals surface area contributed by atoms with Crippen molar-refractivity contribution in [3.63, 3.8) is 0 Å². The third kappa shape index (κ3) is 6.00. The summed E-state index contributed by atoms with van der Waals surface area (Å²) in [7, 11) is 2.95. The van der Waals surface area contributed by atoms with Crippen LogP contribution in [0.5, 0.6) is 11.5 Å². The molecule has 152 valence electrons. The topological polar surface area (TPSA) is 116 Å². The molecule has 0 aliphatic rings. The van der Waals surface area contributed by atoms with Crippen LogP contribution in [0.3, 0.4) is 0 Å². The molecule has 0 aliphatic heterocycles. The molecule has 2 aromatic rings. The van der Waals surface area contributed by atoms with Crippen LogP contribution in [0.25, 0.3) is 11.3 Å². The summed E-state index contributed by atoms with van der Waals surface area (Å²) in [4.78, 5) is 22.5. The number of nitrogens with one attached hydrogen (secondary N) is 1. The molecule has 0 saturated heterocycles. The fraction of sp³-hybridized carbons (Fsp3) is 0.368. The first-order chi connectivity index (χ1) is 13.4. The van der Waals surface area contributed by atoms with Crippen LogP contribution in [0.15, 0.2) is 28.7 Å². The van der Waals surface area contributed by atoms with Crippen molar-refractivity contribution in [1.29, 1.82) is 0 Å². The predicted octanol–water partition coefficient (Wildman–Crippen LogP) is 2.18. The van der Waals surface area contributed by atoms with Crippen molar-refractivity contribution in [2.24, 2.45) is 0 Å². The van der Waals surface area contributed by atoms with E-state index >= 15 is 0 Å². The lowest BCUT2D eigenvalue weighted by molar-refractivity contribution is -0.136. The van der Waals surface area contributed by atoms with Crippen LogP contribution in [0.4, 0.5) is 0 Å². The van der Waals surface area contributed by atoms with Gasteiger partial charge in [0.15, 0.2) is 13.6 Å². The van der Waals surface area contributed by atoms with Crippen molar-refractivity contribution >= 4 is 11.9 Å². The standard InChI is InChI=1S/C19H23NO8/c1-12(21)20-9-14-4-5-16(28-14)19-13(7-18(22)23)6-15(26-10-24-2)8-17(19)27-11-25-3/h4-6,8H,7,9-11H2,1-3H3,(H,20,21)(H,22,23). The largest absolute Gasteiger partial charge is 0.481 e. The minimum atomic E-state index is -1.02. The Morgan fingerprint density at radius 3 is 2.46 bits per heavy atom. The molecule has 1 aromatic heterocycles. The summed E-state index contributed by atoms with van der Waals surface area (Å²) in [6.07, 6.45) is -0.273. The maximum atomic E-state index is 11.4. The molecule has 2 N–H and O–H groups in total. The monoisotopic (exact) mass is 393 g/mol. The van der Waals surface area contributed by atoms with E-state index in [9.17, 15) is 14.7 Å². The number of methoxy groups -OCH3 is 2. The Kier molecular flexibility index (Phi) is 7.85. The fourth-order valence-electron chi connectivity index (χ4n) is 2.49. The zero-order valence-corrected chi connectivity index (χ0v) is 15.9. The molecule has 1 aromatic carbocycles. The van der Waals surface area contributed by atoms with Gasteiger partial charge in [-0.3, -0.25) is 9.59 Å². The van der Waals surface area contributed by atoms with Crippen LogP contribution in [0, 0.1) is 0 Å². The van der Waals surface area contributed by atoms with Crippen molar-refractivity contribution < 1.29 is 38.1 Å². The van der Waals surface area contributed by atoms with Gasteiger partial charge >= 0.3 is 5.97 Å². The number of rotatable bonds is 11. The van der Waals surface area contributed by atoms with Crippen LogP contribution >= 0.6 is 0 Å². The van der Waals surface area contributed by atoms with Crippen LogP contribution in [-0.2, 0) is 32.0 Å². The summed E-state index contributed by atoms with van der Waals surface area (Å²) in [5, 5.41) is 12.0. The lowest BCUT2D eigenvalue weighted by atomic mass is 10.0. The highest BCUT2D eigenvalue weighted by molar-refractivity contribution is 5.79. The molecule has 9 heteroatoms. The molecule has 9 nitrogen and oxygen atoms in total. The summed E-state index contributed by atoms with van der Waals surface area (Å²) in [6.45, 7) is 1.57. The first-order valence-electron chi connectivity index (χ1n) is 8.40. The molecule has 0 radical (unpaired) electrons. The third-order valence-electron chi connectivity index (χ3n) is 3.59. The Morgan fingerprint density at radius 1 is 1.11 bits per heavy atom. The van der Waals surface area contributed by atoms with Crippen LogP contribution in [0.2, 0.25) is 0 Å². The molecular formula is C19H23NO8. The van der Waals surface area contributed by atoms with E-state index in [4.69, 9.17) is 23.4 Å². The Balaban J connectivity index is 2.48. The van der Waals surface area contributed by atoms with E-state index in [0.29, 0.717) is 34.1 Å². The number of hydrogen-bond acceptors (Lipinski definition) is 7. The van der Waals surface area contributed by atoms with E-state index in [1.54, 1.807) is 24.3 Å². The molecule has 0 atom stereocenters. The van der Waals surface area contributed by atoms with E-state index in [1.165, 1.54) is 21.1 Å². The molecule has 28 heavy (non-hydrogen) atoms. The van der Waals surface area contributed by atoms with Crippen LogP contribution in [-0.4, -0.2) is 44.8 Å². The van der Waals surface area contributed by atoms with Crippen LogP contribution in [0.1, 0.15) is 18.2 Å². The predicted molar refractivity (Wildman–Crippen MR) is 98.0 cm³/mol. The summed E-state index contributed by atoms with van der Waals surface area (Å²) in [5.74, 6) is 0.441. The lowest BCUT2D eigenvalue weighted by Crippen LogP contribution is -2.18. The number of carbonyl (C=O) groups excluding carboxylic acids is 1. The van der Waals surface area contributed by atoms with Crippen molar-refractivity contribution in [1.82, 2.24) is 5.32 Å². The number of carboxylic acids is 1. The Bertz CT molecular complexity index is 814. The molecule has 2 rings (SSSR count). The zero-order chi connectivity index (χ0) is 20.5. The highest BCUT2D eigenvalue weighted by Crippen LogP contribution is 2.38. The second-order valence-electron chi connectivity index (χ2n) is 5.80. The molecule has 0 saturated carbocycles. The Labute approximate surface area is 162 Å². The number of aliphatic carboxylic acids is 1. The summed E-state index contributed by atoms with van der Waals surface area (Å²) >= 11 is 0. The van der Waals surface area contributed by atoms with E-state index in [-0.39, 0.29) is 32.5 Å². The van der Waals surface area contributed by atoms with Crippen molar-refractivity contribution in [3.8, 4) is 22.8 Å². The number of carboxylic acid groups (broad SMARTS) is 1. The minimum Gasteiger partial charge on any atom is -0.481 e. The highest BCUT2D eigenvalue weighted by atomic mass is 16.7. The maximum absolute atomic E-state index is 11.4. The average molecular weight is 393 g/mol. The van der Waals surface area contributed by atoms with Gasteiger partial charge in [0.05, 0.1) is 18.5 Å². The Morgan fingerprint density at radius 2 is 1.82 bits per heavy atom. The molecule has 0 fully saturated rings. The van der Waals surface area contributed by atoms with Gasteiger partial charge in [0.1, 0.15) is 23.0 Å². The number of carbonyl (C=O) groups is 2. The van der Waals surface area contributed by atoms with Crippen LogP contribution < -0.4 is 14.8 Å². The number of ether oxygens (including phenoxy) is 4. The molecular weight excluding hydrogens is 370 g/mol. The molecule has 0 aliphatic carbocycles. The van der Waals surface area contributed by atoms with Gasteiger partial charge in [-0.15, -0.1) is 0 Å². The van der Waals surface area contributed by atoms with Gasteiger partial charge < -0.3 is 33.8 Å². The SMILES string of the molecule is COCOc1cc(CC(=O)O)c(-c2ccc(CNC(C)=O)o2)c(OCOC)c1. The number of furan rings is 1. The summed E-state index contributed by atoms with van der Waals surface area (Å²) < 4.78 is 26.7. The molecule has 1 amide bonds. The number of benzene rings is 1. The highest BCUT2D eigenvalue weighted by Gasteiger charge is 2.20. The van der Waals surface area contributed by atoms with Gasteiger partial charge in [-0.1, -0.05) is 0 Å². The van der Waals surface area contributed by atoms with Gasteiger partial charge in [0.25, 0.3) is 0 Å². The van der Waals surface area contributed by atoms with E-state index in [2.05, 4.69) is 5.32 Å². The normalized spacial score (nSPS) is 10.5. The quantitative estimate of drug-likeness (QED) is 0.558. The molecule has 1 heterocycles. The Hall–Kier alpha value is -3.04. The zero-order valence-electron chi connectivity index (χ0n) is 15.9. The molecule has 0 spiro atoms. The third-order valence-corrected chi connectivity index (χ3v) is 3.59. The number of hydrogen-bond donors (Lipinski definition) is 2. The van der Waals surface area contributed by atoms with E-state index in [1.807, 2.05) is 0 Å². The van der Waals surface area contributed by atoms with Crippen molar-refractivity contribution in [2.45, 2.75) is 19.9 Å². The summed E-state index contributed by atoms with van der Waals surface area (Å²) in [6, 6.07) is 6.59. The van der Waals surface area contributed by atoms with Gasteiger partial charge in [0, 0.05) is 27.2 Å². The second kappa shape index (κ2) is 10.3. The van der Waals surface area contributed by atoms with Gasteiger partial charge in [-0.05, 0) is 23.8 Å². The summed E-state index contributed by atoms with van der Waals surface area (Å²) in [5.41, 5.74) is 0.908. The van der Waals surface area contributed by atoms with E-state index < -0.39 is 5.97 Å². The van der Waals surface area contributed by atoms with Gasteiger partial charge in [0.2, 0.25) is 5.91 Å². The van der Waals surface area contributed by atoms with Gasteiger partial charge in [-0.25, -0.2) is 0 Å². The van der Waals surface area contributed by atoms with Crippen molar-refractivity contribution in [2.75, 3.05) is 27.8 Å². The molecule has 0 unspecified atom stereocenters. The minimum absolute atomic E-state index is 0.00279.